The quantitative estimate of drug-likeness (QED) is 0.627. The average molecular weight is 426 g/mol. The first-order chi connectivity index (χ1) is 15.1. The maximum atomic E-state index is 14.2. The number of quaternary nitrogens is 1. The third-order valence-corrected chi connectivity index (χ3v) is 6.03. The highest BCUT2D eigenvalue weighted by molar-refractivity contribution is 5.47. The first-order valence-corrected chi connectivity index (χ1v) is 10.8. The lowest BCUT2D eigenvalue weighted by Crippen LogP contribution is -3.15. The lowest BCUT2D eigenvalue weighted by atomic mass is 10.0. The Kier molecular flexibility index (Phi) is 6.46. The van der Waals surface area contributed by atoms with Crippen molar-refractivity contribution in [2.45, 2.75) is 26.4 Å². The number of anilines is 1. The predicted molar refractivity (Wildman–Crippen MR) is 117 cm³/mol. The number of ether oxygens (including phenoxy) is 1. The van der Waals surface area contributed by atoms with Crippen LogP contribution in [-0.4, -0.2) is 53.5 Å². The van der Waals surface area contributed by atoms with Crippen LogP contribution in [0.2, 0.25) is 0 Å². The van der Waals surface area contributed by atoms with Crippen LogP contribution in [0.15, 0.2) is 48.5 Å². The molecule has 164 valence electrons. The third kappa shape index (κ3) is 4.69. The molecule has 1 fully saturated rings. The van der Waals surface area contributed by atoms with Gasteiger partial charge in [0.15, 0.2) is 6.04 Å². The van der Waals surface area contributed by atoms with Crippen molar-refractivity contribution >= 4 is 5.69 Å². The molecule has 1 aliphatic rings. The number of para-hydroxylation sites is 1. The van der Waals surface area contributed by atoms with Gasteiger partial charge in [-0.1, -0.05) is 38.1 Å². The van der Waals surface area contributed by atoms with Crippen molar-refractivity contribution in [3.05, 3.63) is 65.7 Å². The molecule has 0 unspecified atom stereocenters. The number of halogens is 1. The van der Waals surface area contributed by atoms with Gasteiger partial charge in [-0.3, -0.25) is 0 Å². The molecule has 3 aromatic rings. The third-order valence-electron chi connectivity index (χ3n) is 6.03. The molecule has 0 aliphatic carbocycles. The summed E-state index contributed by atoms with van der Waals surface area (Å²) in [7, 11) is 1.66. The lowest BCUT2D eigenvalue weighted by Gasteiger charge is -2.38. The molecule has 0 spiro atoms. The van der Waals surface area contributed by atoms with Crippen molar-refractivity contribution in [2.24, 2.45) is 5.92 Å². The molecule has 0 radical (unpaired) electrons. The number of hydrogen-bond acceptors (Lipinski definition) is 5. The van der Waals surface area contributed by atoms with E-state index >= 15 is 0 Å². The molecule has 0 amide bonds. The number of nitrogens with one attached hydrogen (secondary N) is 1. The summed E-state index contributed by atoms with van der Waals surface area (Å²) in [5, 5.41) is 12.7. The summed E-state index contributed by atoms with van der Waals surface area (Å²) >= 11 is 0. The summed E-state index contributed by atoms with van der Waals surface area (Å²) in [6.07, 6.45) is 0. The van der Waals surface area contributed by atoms with Gasteiger partial charge in [0.05, 0.1) is 45.5 Å². The fourth-order valence-electron chi connectivity index (χ4n) is 4.46. The molecule has 1 atom stereocenters. The normalized spacial score (nSPS) is 16.0. The van der Waals surface area contributed by atoms with Gasteiger partial charge >= 0.3 is 0 Å². The van der Waals surface area contributed by atoms with Gasteiger partial charge in [-0.05, 0) is 40.3 Å². The topological polar surface area (TPSA) is 60.5 Å². The van der Waals surface area contributed by atoms with Crippen LogP contribution >= 0.6 is 0 Å². The van der Waals surface area contributed by atoms with E-state index < -0.39 is 0 Å². The van der Waals surface area contributed by atoms with Gasteiger partial charge in [-0.2, -0.15) is 0 Å². The Hall–Kier alpha value is -3.00. The van der Waals surface area contributed by atoms with E-state index in [4.69, 9.17) is 4.74 Å². The van der Waals surface area contributed by atoms with Gasteiger partial charge in [0.1, 0.15) is 11.6 Å². The number of aromatic nitrogens is 4. The number of piperazine rings is 1. The number of nitrogens with zero attached hydrogens (tertiary/aromatic N) is 5. The van der Waals surface area contributed by atoms with Gasteiger partial charge in [-0.15, -0.1) is 5.10 Å². The second-order valence-corrected chi connectivity index (χ2v) is 8.36. The van der Waals surface area contributed by atoms with E-state index in [2.05, 4.69) is 34.3 Å². The highest BCUT2D eigenvalue weighted by Crippen LogP contribution is 2.21. The van der Waals surface area contributed by atoms with Crippen LogP contribution in [0.4, 0.5) is 10.1 Å². The Balaban J connectivity index is 1.49. The number of rotatable bonds is 7. The maximum Gasteiger partial charge on any atom is 0.209 e. The van der Waals surface area contributed by atoms with Crippen LogP contribution in [0.25, 0.3) is 0 Å². The lowest BCUT2D eigenvalue weighted by molar-refractivity contribution is -0.937. The van der Waals surface area contributed by atoms with E-state index in [1.54, 1.807) is 13.2 Å². The Labute approximate surface area is 182 Å². The van der Waals surface area contributed by atoms with E-state index in [0.717, 1.165) is 43.3 Å². The van der Waals surface area contributed by atoms with E-state index in [0.29, 0.717) is 18.2 Å². The Bertz CT molecular complexity index is 982. The molecule has 2 aromatic carbocycles. The van der Waals surface area contributed by atoms with Gasteiger partial charge < -0.3 is 14.5 Å². The summed E-state index contributed by atoms with van der Waals surface area (Å²) in [6, 6.07) is 15.2. The summed E-state index contributed by atoms with van der Waals surface area (Å²) in [6.45, 7) is 8.48. The second-order valence-electron chi connectivity index (χ2n) is 8.36. The zero-order valence-corrected chi connectivity index (χ0v) is 18.3. The molecular formula is C23H30FN6O+. The number of tetrazole rings is 1. The smallest absolute Gasteiger partial charge is 0.209 e. The number of benzene rings is 2. The van der Waals surface area contributed by atoms with E-state index in [-0.39, 0.29) is 11.9 Å². The molecule has 0 saturated carbocycles. The predicted octanol–water partition coefficient (Wildman–Crippen LogP) is 1.97. The van der Waals surface area contributed by atoms with E-state index in [1.807, 2.05) is 41.1 Å². The van der Waals surface area contributed by atoms with Gasteiger partial charge in [0.25, 0.3) is 0 Å². The monoisotopic (exact) mass is 425 g/mol. The molecule has 1 aromatic heterocycles. The molecule has 8 heteroatoms. The average Bonchev–Trinajstić information content (AvgIpc) is 3.22. The fourth-order valence-corrected chi connectivity index (χ4v) is 4.46. The number of methoxy groups -OCH3 is 1. The zero-order chi connectivity index (χ0) is 21.8. The van der Waals surface area contributed by atoms with Crippen molar-refractivity contribution in [1.82, 2.24) is 20.2 Å². The van der Waals surface area contributed by atoms with Crippen molar-refractivity contribution in [3.8, 4) is 5.75 Å². The largest absolute Gasteiger partial charge is 0.497 e. The Morgan fingerprint density at radius 2 is 1.77 bits per heavy atom. The summed E-state index contributed by atoms with van der Waals surface area (Å²) in [5.41, 5.74) is 1.81. The Morgan fingerprint density at radius 1 is 1.06 bits per heavy atom. The standard InChI is InChI=1S/C23H29FN6O/c1-17(2)22(29-14-12-28(13-15-29)21-7-5-4-6-20(21)24)23-25-26-27-30(23)16-18-8-10-19(31-3)11-9-18/h4-11,17,22H,12-16H2,1-3H3/p+1/t22-/m1/s1. The van der Waals surface area contributed by atoms with Crippen LogP contribution in [0.1, 0.15) is 31.3 Å². The summed E-state index contributed by atoms with van der Waals surface area (Å²) < 4.78 is 21.4. The van der Waals surface area contributed by atoms with E-state index in [1.165, 1.54) is 11.0 Å². The van der Waals surface area contributed by atoms with Crippen LogP contribution in [0, 0.1) is 11.7 Å². The van der Waals surface area contributed by atoms with Gasteiger partial charge in [0.2, 0.25) is 5.82 Å². The molecule has 0 bridgehead atoms. The van der Waals surface area contributed by atoms with Crippen molar-refractivity contribution in [3.63, 3.8) is 0 Å². The van der Waals surface area contributed by atoms with Crippen molar-refractivity contribution in [2.75, 3.05) is 38.2 Å². The zero-order valence-electron chi connectivity index (χ0n) is 18.3. The molecule has 1 N–H and O–H groups in total. The molecular weight excluding hydrogens is 395 g/mol. The van der Waals surface area contributed by atoms with Gasteiger partial charge in [0, 0.05) is 5.92 Å². The first-order valence-electron chi connectivity index (χ1n) is 10.8. The molecule has 4 rings (SSSR count). The van der Waals surface area contributed by atoms with Crippen LogP contribution < -0.4 is 14.5 Å². The van der Waals surface area contributed by atoms with Crippen molar-refractivity contribution < 1.29 is 14.0 Å². The molecule has 7 nitrogen and oxygen atoms in total. The minimum Gasteiger partial charge on any atom is -0.497 e. The maximum absolute atomic E-state index is 14.2. The fraction of sp³-hybridized carbons (Fsp3) is 0.435. The Morgan fingerprint density at radius 3 is 2.42 bits per heavy atom. The van der Waals surface area contributed by atoms with E-state index in [9.17, 15) is 4.39 Å². The number of hydrogen-bond donors (Lipinski definition) is 1. The molecule has 1 aliphatic heterocycles. The minimum absolute atomic E-state index is 0.158. The molecule has 2 heterocycles. The SMILES string of the molecule is COc1ccc(Cn2nnnc2[C@@H](C(C)C)[NH+]2CCN(c3ccccc3F)CC2)cc1. The van der Waals surface area contributed by atoms with Crippen molar-refractivity contribution in [1.29, 1.82) is 0 Å². The first kappa shape index (κ1) is 21.2. The highest BCUT2D eigenvalue weighted by atomic mass is 19.1. The summed E-state index contributed by atoms with van der Waals surface area (Å²) in [4.78, 5) is 3.57. The highest BCUT2D eigenvalue weighted by Gasteiger charge is 2.35. The second kappa shape index (κ2) is 9.43. The minimum atomic E-state index is -0.158. The summed E-state index contributed by atoms with van der Waals surface area (Å²) in [5.74, 6) is 1.95. The van der Waals surface area contributed by atoms with Crippen LogP contribution in [-0.2, 0) is 6.54 Å². The molecule has 31 heavy (non-hydrogen) atoms. The van der Waals surface area contributed by atoms with Crippen LogP contribution in [0.5, 0.6) is 5.75 Å². The van der Waals surface area contributed by atoms with Gasteiger partial charge in [-0.25, -0.2) is 9.07 Å². The van der Waals surface area contributed by atoms with Crippen LogP contribution in [0.3, 0.4) is 0 Å². The molecule has 1 saturated heterocycles.